The van der Waals surface area contributed by atoms with Crippen molar-refractivity contribution >= 4 is 0 Å². The minimum absolute atomic E-state index is 0. The van der Waals surface area contributed by atoms with Crippen LogP contribution in [0.1, 0.15) is 0 Å². The zero-order valence-corrected chi connectivity index (χ0v) is 16.6. The standard InChI is InChI=1S/C6F12O2.2K/c7-3(8,9)1(19,4(10,11)12)2(20,5(13,14)15)6(16,17)18;;/q-2;2*+1. The van der Waals surface area contributed by atoms with E-state index in [4.69, 9.17) is 0 Å². The molecule has 0 aromatic heterocycles. The van der Waals surface area contributed by atoms with Gasteiger partial charge >= 0.3 is 127 Å². The summed E-state index contributed by atoms with van der Waals surface area (Å²) in [5.74, 6) is 0. The Kier molecular flexibility index (Phi) is 10.5. The average molecular weight is 410 g/mol. The van der Waals surface area contributed by atoms with E-state index in [1.54, 1.807) is 0 Å². The van der Waals surface area contributed by atoms with Gasteiger partial charge in [-0.1, -0.05) is 0 Å². The van der Waals surface area contributed by atoms with Crippen LogP contribution in [0.15, 0.2) is 0 Å². The second-order valence-electron chi connectivity index (χ2n) is 3.35. The summed E-state index contributed by atoms with van der Waals surface area (Å²) in [7, 11) is 0. The smallest absolute Gasteiger partial charge is 0.837 e. The molecule has 0 aromatic rings. The Hall–Kier alpha value is 2.35. The van der Waals surface area contributed by atoms with Gasteiger partial charge in [0, 0.05) is 0 Å². The van der Waals surface area contributed by atoms with Crippen LogP contribution in [0.5, 0.6) is 0 Å². The van der Waals surface area contributed by atoms with Crippen molar-refractivity contribution in [2.24, 2.45) is 0 Å². The third-order valence-electron chi connectivity index (χ3n) is 2.09. The van der Waals surface area contributed by atoms with Gasteiger partial charge in [-0.2, -0.15) is 52.7 Å². The first-order chi connectivity index (χ1) is 8.25. The van der Waals surface area contributed by atoms with Crippen molar-refractivity contribution in [3.63, 3.8) is 0 Å². The molecule has 122 valence electrons. The number of alkyl halides is 12. The van der Waals surface area contributed by atoms with Gasteiger partial charge in [0.25, 0.3) is 0 Å². The van der Waals surface area contributed by atoms with Gasteiger partial charge in [0.15, 0.2) is 0 Å². The molecule has 0 radical (unpaired) electrons. The average Bonchev–Trinajstić information content (AvgIpc) is 2.07. The quantitative estimate of drug-likeness (QED) is 0.323. The van der Waals surface area contributed by atoms with Crippen LogP contribution in [-0.4, -0.2) is 35.9 Å². The van der Waals surface area contributed by atoms with Crippen molar-refractivity contribution in [3.8, 4) is 0 Å². The van der Waals surface area contributed by atoms with Gasteiger partial charge < -0.3 is 10.2 Å². The molecular formula is C6F12K2O2. The summed E-state index contributed by atoms with van der Waals surface area (Å²) in [6, 6.07) is 0. The monoisotopic (exact) mass is 410 g/mol. The largest absolute Gasteiger partial charge is 1.00 e. The van der Waals surface area contributed by atoms with Gasteiger partial charge in [0.05, 0.1) is 11.2 Å². The first kappa shape index (κ1) is 29.1. The number of hydrogen-bond donors (Lipinski definition) is 0. The summed E-state index contributed by atoms with van der Waals surface area (Å²) in [4.78, 5) is 0. The van der Waals surface area contributed by atoms with Gasteiger partial charge in [-0.3, -0.25) is 0 Å². The third-order valence-corrected chi connectivity index (χ3v) is 2.09. The van der Waals surface area contributed by atoms with E-state index >= 15 is 0 Å². The number of halogens is 12. The minimum atomic E-state index is -7.86. The summed E-state index contributed by atoms with van der Waals surface area (Å²) in [5, 5.41) is 20.9. The van der Waals surface area contributed by atoms with Crippen LogP contribution in [0, 0.1) is 0 Å². The maximum Gasteiger partial charge on any atom is 1.00 e. The predicted octanol–water partition coefficient (Wildman–Crippen LogP) is -4.56. The molecule has 0 aliphatic rings. The molecular weight excluding hydrogens is 410 g/mol. The summed E-state index contributed by atoms with van der Waals surface area (Å²) in [6.07, 6.45) is -30.8. The Bertz CT molecular complexity index is 302. The van der Waals surface area contributed by atoms with E-state index in [2.05, 4.69) is 0 Å². The summed E-state index contributed by atoms with van der Waals surface area (Å²) >= 11 is 0. The van der Waals surface area contributed by atoms with E-state index < -0.39 is 35.9 Å². The Morgan fingerprint density at radius 3 is 0.500 bits per heavy atom. The van der Waals surface area contributed by atoms with Gasteiger partial charge in [-0.25, -0.2) is 0 Å². The SMILES string of the molecule is [K+].[K+].[O-]C(C(F)(F)F)(C(F)(F)F)C([O-])(C(F)(F)F)C(F)(F)F. The molecule has 0 aliphatic heterocycles. The zero-order valence-electron chi connectivity index (χ0n) is 10.4. The number of hydrogen-bond acceptors (Lipinski definition) is 2. The van der Waals surface area contributed by atoms with Crippen molar-refractivity contribution in [2.45, 2.75) is 35.9 Å². The van der Waals surface area contributed by atoms with Crippen LogP contribution < -0.4 is 113 Å². The van der Waals surface area contributed by atoms with Gasteiger partial charge in [-0.15, -0.1) is 0 Å². The summed E-state index contributed by atoms with van der Waals surface area (Å²) in [5.41, 5.74) is -15.7. The van der Waals surface area contributed by atoms with E-state index in [0.29, 0.717) is 0 Å². The molecule has 2 nitrogen and oxygen atoms in total. The predicted molar refractivity (Wildman–Crippen MR) is 29.7 cm³/mol. The second-order valence-corrected chi connectivity index (χ2v) is 3.35. The molecule has 0 rings (SSSR count). The normalized spacial score (nSPS) is 15.0. The number of rotatable bonds is 1. The van der Waals surface area contributed by atoms with E-state index in [-0.39, 0.29) is 103 Å². The van der Waals surface area contributed by atoms with Crippen molar-refractivity contribution in [1.29, 1.82) is 0 Å². The topological polar surface area (TPSA) is 46.1 Å². The summed E-state index contributed by atoms with van der Waals surface area (Å²) in [6.45, 7) is 0. The van der Waals surface area contributed by atoms with Gasteiger partial charge in [0.1, 0.15) is 0 Å². The van der Waals surface area contributed by atoms with Crippen LogP contribution in [0.25, 0.3) is 0 Å². The first-order valence-electron chi connectivity index (χ1n) is 3.93. The van der Waals surface area contributed by atoms with Gasteiger partial charge in [-0.05, 0) is 0 Å². The molecule has 16 heteroatoms. The Morgan fingerprint density at radius 2 is 0.455 bits per heavy atom. The molecule has 0 atom stereocenters. The van der Waals surface area contributed by atoms with E-state index in [1.807, 2.05) is 0 Å². The van der Waals surface area contributed by atoms with Crippen LogP contribution in [0.4, 0.5) is 52.7 Å². The van der Waals surface area contributed by atoms with Crippen LogP contribution in [-0.2, 0) is 0 Å². The molecule has 0 heterocycles. The molecule has 0 fully saturated rings. The molecule has 0 bridgehead atoms. The minimum Gasteiger partial charge on any atom is -0.837 e. The molecule has 22 heavy (non-hydrogen) atoms. The Morgan fingerprint density at radius 1 is 0.364 bits per heavy atom. The summed E-state index contributed by atoms with van der Waals surface area (Å²) < 4.78 is 143. The molecule has 0 spiro atoms. The van der Waals surface area contributed by atoms with Crippen LogP contribution in [0.2, 0.25) is 0 Å². The van der Waals surface area contributed by atoms with Crippen LogP contribution >= 0.6 is 0 Å². The van der Waals surface area contributed by atoms with Crippen LogP contribution in [0.3, 0.4) is 0 Å². The second kappa shape index (κ2) is 7.93. The fraction of sp³-hybridized carbons (Fsp3) is 1.00. The third kappa shape index (κ3) is 4.55. The molecule has 0 saturated carbocycles. The van der Waals surface area contributed by atoms with E-state index in [0.717, 1.165) is 0 Å². The molecule has 0 amide bonds. The van der Waals surface area contributed by atoms with Gasteiger partial charge in [0.2, 0.25) is 0 Å². The van der Waals surface area contributed by atoms with E-state index in [1.165, 1.54) is 0 Å². The maximum atomic E-state index is 11.9. The fourth-order valence-corrected chi connectivity index (χ4v) is 1.12. The molecule has 0 aliphatic carbocycles. The molecule has 0 N–H and O–H groups in total. The fourth-order valence-electron chi connectivity index (χ4n) is 1.12. The van der Waals surface area contributed by atoms with Crippen molar-refractivity contribution in [1.82, 2.24) is 0 Å². The van der Waals surface area contributed by atoms with E-state index in [9.17, 15) is 62.9 Å². The molecule has 0 saturated heterocycles. The van der Waals surface area contributed by atoms with Crippen molar-refractivity contribution in [2.75, 3.05) is 0 Å². The molecule has 0 unspecified atom stereocenters. The zero-order chi connectivity index (χ0) is 17.0. The van der Waals surface area contributed by atoms with Crippen molar-refractivity contribution < 1.29 is 166 Å². The maximum absolute atomic E-state index is 11.9. The Balaban J connectivity index is -0.00000180. The first-order valence-corrected chi connectivity index (χ1v) is 3.93. The Labute approximate surface area is 198 Å². The molecule has 0 aromatic carbocycles. The van der Waals surface area contributed by atoms with Crippen molar-refractivity contribution in [3.05, 3.63) is 0 Å².